The molecule has 4 nitrogen and oxygen atoms in total. The Labute approximate surface area is 206 Å². The number of nitrogens with zero attached hydrogens (tertiary/aromatic N) is 2. The summed E-state index contributed by atoms with van der Waals surface area (Å²) in [6.45, 7) is 3.81. The largest absolute Gasteiger partial charge is 0.486 e. The molecule has 1 unspecified atom stereocenters. The van der Waals surface area contributed by atoms with Crippen LogP contribution in [0.1, 0.15) is 41.1 Å². The molecule has 1 saturated heterocycles. The van der Waals surface area contributed by atoms with E-state index in [1.54, 1.807) is 6.20 Å². The third-order valence-corrected chi connectivity index (χ3v) is 6.84. The lowest BCUT2D eigenvalue weighted by Gasteiger charge is -2.20. The van der Waals surface area contributed by atoms with Gasteiger partial charge < -0.3 is 10.5 Å². The predicted octanol–water partition coefficient (Wildman–Crippen LogP) is 6.31. The van der Waals surface area contributed by atoms with Gasteiger partial charge in [-0.3, -0.25) is 9.88 Å². The third kappa shape index (κ3) is 5.25. The lowest BCUT2D eigenvalue weighted by molar-refractivity contribution is 0.305. The minimum Gasteiger partial charge on any atom is -0.486 e. The Kier molecular flexibility index (Phi) is 7.10. The van der Waals surface area contributed by atoms with Gasteiger partial charge in [-0.25, -0.2) is 0 Å². The lowest BCUT2D eigenvalue weighted by atomic mass is 9.96. The zero-order valence-corrected chi connectivity index (χ0v) is 20.0. The molecular formula is C29H30ClN3O. The smallest absolute Gasteiger partial charge is 0.149 e. The highest BCUT2D eigenvalue weighted by Gasteiger charge is 2.18. The van der Waals surface area contributed by atoms with E-state index in [2.05, 4.69) is 46.3 Å². The van der Waals surface area contributed by atoms with E-state index in [4.69, 9.17) is 22.1 Å². The van der Waals surface area contributed by atoms with Crippen molar-refractivity contribution in [2.45, 2.75) is 38.5 Å². The number of hydrogen-bond acceptors (Lipinski definition) is 4. The van der Waals surface area contributed by atoms with Crippen LogP contribution in [0.2, 0.25) is 5.02 Å². The zero-order chi connectivity index (χ0) is 23.3. The Balaban J connectivity index is 1.42. The maximum Gasteiger partial charge on any atom is 0.149 e. The van der Waals surface area contributed by atoms with Crippen molar-refractivity contribution in [3.8, 4) is 5.75 Å². The lowest BCUT2D eigenvalue weighted by Crippen LogP contribution is -2.19. The quantitative estimate of drug-likeness (QED) is 0.327. The standard InChI is InChI=1S/C29H30ClN3O/c30-26-17-24(18-27(31)23-11-6-10-22(16-23)19-33-14-4-5-15-33)29(28-25(26)12-7-13-32-28)34-20-21-8-2-1-3-9-21/h1-3,6-13,16-17,27H,4-5,14-15,18-20,31H2. The first-order valence-electron chi connectivity index (χ1n) is 12.0. The Morgan fingerprint density at radius 1 is 0.941 bits per heavy atom. The Hall–Kier alpha value is -2.92. The number of aromatic nitrogens is 1. The maximum absolute atomic E-state index is 6.74. The van der Waals surface area contributed by atoms with Crippen molar-refractivity contribution >= 4 is 22.5 Å². The molecule has 0 aliphatic carbocycles. The maximum atomic E-state index is 6.74. The summed E-state index contributed by atoms with van der Waals surface area (Å²) < 4.78 is 6.36. The SMILES string of the molecule is NC(Cc1cc(Cl)c2cccnc2c1OCc1ccccc1)c1cccc(CN2CCCC2)c1. The first-order valence-corrected chi connectivity index (χ1v) is 12.3. The molecular weight excluding hydrogens is 442 g/mol. The molecule has 5 heteroatoms. The van der Waals surface area contributed by atoms with Gasteiger partial charge in [0.05, 0.1) is 5.02 Å². The Morgan fingerprint density at radius 3 is 2.56 bits per heavy atom. The minimum absolute atomic E-state index is 0.171. The van der Waals surface area contributed by atoms with Crippen LogP contribution in [0, 0.1) is 0 Å². The molecule has 0 radical (unpaired) electrons. The molecule has 1 aliphatic rings. The fourth-order valence-electron chi connectivity index (χ4n) is 4.75. The van der Waals surface area contributed by atoms with Crippen molar-refractivity contribution in [1.82, 2.24) is 9.88 Å². The number of benzene rings is 3. The fraction of sp³-hybridized carbons (Fsp3) is 0.276. The van der Waals surface area contributed by atoms with E-state index in [0.717, 1.165) is 39.9 Å². The highest BCUT2D eigenvalue weighted by molar-refractivity contribution is 6.35. The molecule has 0 bridgehead atoms. The highest BCUT2D eigenvalue weighted by Crippen LogP contribution is 2.36. The first kappa shape index (κ1) is 22.9. The Morgan fingerprint density at radius 2 is 1.74 bits per heavy atom. The summed E-state index contributed by atoms with van der Waals surface area (Å²) in [5, 5.41) is 1.55. The molecule has 1 aromatic heterocycles. The van der Waals surface area contributed by atoms with Gasteiger partial charge >= 0.3 is 0 Å². The summed E-state index contributed by atoms with van der Waals surface area (Å²) in [6.07, 6.45) is 4.98. The third-order valence-electron chi connectivity index (χ3n) is 6.52. The first-order chi connectivity index (χ1) is 16.7. The molecule has 2 N–H and O–H groups in total. The van der Waals surface area contributed by atoms with Gasteiger partial charge in [-0.05, 0) is 72.8 Å². The molecule has 0 spiro atoms. The van der Waals surface area contributed by atoms with Gasteiger partial charge in [0.25, 0.3) is 0 Å². The molecule has 5 rings (SSSR count). The van der Waals surface area contributed by atoms with Crippen LogP contribution in [0.3, 0.4) is 0 Å². The molecule has 34 heavy (non-hydrogen) atoms. The average Bonchev–Trinajstić information content (AvgIpc) is 3.38. The molecule has 3 aromatic carbocycles. The molecule has 174 valence electrons. The van der Waals surface area contributed by atoms with Crippen molar-refractivity contribution < 1.29 is 4.74 Å². The Bertz CT molecular complexity index is 1250. The van der Waals surface area contributed by atoms with Crippen LogP contribution in [-0.2, 0) is 19.6 Å². The second-order valence-corrected chi connectivity index (χ2v) is 9.47. The van der Waals surface area contributed by atoms with Crippen LogP contribution in [0.25, 0.3) is 10.9 Å². The number of fused-ring (bicyclic) bond motifs is 1. The van der Waals surface area contributed by atoms with Crippen molar-refractivity contribution in [1.29, 1.82) is 0 Å². The molecule has 0 saturated carbocycles. The van der Waals surface area contributed by atoms with Crippen LogP contribution in [-0.4, -0.2) is 23.0 Å². The van der Waals surface area contributed by atoms with E-state index in [1.807, 2.05) is 36.4 Å². The van der Waals surface area contributed by atoms with E-state index in [1.165, 1.54) is 31.5 Å². The summed E-state index contributed by atoms with van der Waals surface area (Å²) in [5.74, 6) is 0.757. The van der Waals surface area contributed by atoms with Gasteiger partial charge in [-0.15, -0.1) is 0 Å². The molecule has 1 atom stereocenters. The van der Waals surface area contributed by atoms with Gasteiger partial charge in [0.1, 0.15) is 17.9 Å². The monoisotopic (exact) mass is 471 g/mol. The summed E-state index contributed by atoms with van der Waals surface area (Å²) in [6, 6.07) is 24.5. The number of halogens is 1. The molecule has 2 heterocycles. The van der Waals surface area contributed by atoms with Gasteiger partial charge in [0.15, 0.2) is 0 Å². The average molecular weight is 472 g/mol. The van der Waals surface area contributed by atoms with Crippen molar-refractivity contribution in [2.75, 3.05) is 13.1 Å². The van der Waals surface area contributed by atoms with Crippen molar-refractivity contribution in [3.63, 3.8) is 0 Å². The number of ether oxygens (including phenoxy) is 1. The summed E-state index contributed by atoms with van der Waals surface area (Å²) in [5.41, 5.74) is 12.0. The molecule has 1 fully saturated rings. The van der Waals surface area contributed by atoms with E-state index < -0.39 is 0 Å². The topological polar surface area (TPSA) is 51.4 Å². The number of hydrogen-bond donors (Lipinski definition) is 1. The van der Waals surface area contributed by atoms with Gasteiger partial charge in [0.2, 0.25) is 0 Å². The second-order valence-electron chi connectivity index (χ2n) is 9.06. The number of rotatable bonds is 8. The highest BCUT2D eigenvalue weighted by atomic mass is 35.5. The van der Waals surface area contributed by atoms with Crippen molar-refractivity contribution in [2.24, 2.45) is 5.73 Å². The predicted molar refractivity (Wildman–Crippen MR) is 139 cm³/mol. The zero-order valence-electron chi connectivity index (χ0n) is 19.3. The summed E-state index contributed by atoms with van der Waals surface area (Å²) >= 11 is 6.66. The van der Waals surface area contributed by atoms with Crippen LogP contribution >= 0.6 is 11.6 Å². The molecule has 4 aromatic rings. The van der Waals surface area contributed by atoms with Crippen LogP contribution in [0.5, 0.6) is 5.75 Å². The molecule has 0 amide bonds. The summed E-state index contributed by atoms with van der Waals surface area (Å²) in [7, 11) is 0. The van der Waals surface area contributed by atoms with Gasteiger partial charge in [-0.2, -0.15) is 0 Å². The second kappa shape index (κ2) is 10.6. The van der Waals surface area contributed by atoms with Crippen LogP contribution in [0.15, 0.2) is 79.0 Å². The van der Waals surface area contributed by atoms with Gasteiger partial charge in [0, 0.05) is 24.2 Å². The van der Waals surface area contributed by atoms with Crippen LogP contribution < -0.4 is 10.5 Å². The normalized spacial score (nSPS) is 15.0. The van der Waals surface area contributed by atoms with E-state index >= 15 is 0 Å². The van der Waals surface area contributed by atoms with Gasteiger partial charge in [-0.1, -0.05) is 66.2 Å². The molecule has 1 aliphatic heterocycles. The minimum atomic E-state index is -0.171. The summed E-state index contributed by atoms with van der Waals surface area (Å²) in [4.78, 5) is 7.12. The fourth-order valence-corrected chi connectivity index (χ4v) is 5.03. The van der Waals surface area contributed by atoms with E-state index in [0.29, 0.717) is 18.1 Å². The number of likely N-dealkylation sites (tertiary alicyclic amines) is 1. The number of pyridine rings is 1. The van der Waals surface area contributed by atoms with Crippen LogP contribution in [0.4, 0.5) is 0 Å². The number of nitrogens with two attached hydrogens (primary N) is 1. The van der Waals surface area contributed by atoms with E-state index in [-0.39, 0.29) is 6.04 Å². The van der Waals surface area contributed by atoms with Crippen molar-refractivity contribution in [3.05, 3.63) is 106 Å². The van der Waals surface area contributed by atoms with E-state index in [9.17, 15) is 0 Å².